The summed E-state index contributed by atoms with van der Waals surface area (Å²) >= 11 is 6.20. The van der Waals surface area contributed by atoms with E-state index in [0.717, 1.165) is 24.1 Å². The van der Waals surface area contributed by atoms with Gasteiger partial charge in [0.2, 0.25) is 17.4 Å². The van der Waals surface area contributed by atoms with E-state index in [1.807, 2.05) is 6.07 Å². The molecule has 200 valence electrons. The molecule has 1 aromatic carbocycles. The molecule has 0 aliphatic heterocycles. The van der Waals surface area contributed by atoms with E-state index in [1.54, 1.807) is 19.3 Å². The van der Waals surface area contributed by atoms with Crippen LogP contribution in [0.15, 0.2) is 35.0 Å². The van der Waals surface area contributed by atoms with Gasteiger partial charge in [0.05, 0.1) is 25.8 Å². The van der Waals surface area contributed by atoms with Crippen LogP contribution >= 0.6 is 11.6 Å². The number of hydrogen-bond acceptors (Lipinski definition) is 9. The number of ether oxygens (including phenoxy) is 1. The number of aryl methyl sites for hydroxylation is 2. The van der Waals surface area contributed by atoms with Crippen molar-refractivity contribution in [2.24, 2.45) is 12.5 Å². The molecule has 10 nitrogen and oxygen atoms in total. The number of ketones is 2. The molecule has 1 atom stereocenters. The summed E-state index contributed by atoms with van der Waals surface area (Å²) in [4.78, 5) is 32.0. The molecule has 1 fully saturated rings. The van der Waals surface area contributed by atoms with E-state index in [9.17, 15) is 9.59 Å². The summed E-state index contributed by atoms with van der Waals surface area (Å²) in [5, 5.41) is 15.9. The molecule has 1 saturated carbocycles. The van der Waals surface area contributed by atoms with Crippen molar-refractivity contribution >= 4 is 23.2 Å². The van der Waals surface area contributed by atoms with E-state index in [0.29, 0.717) is 30.4 Å². The van der Waals surface area contributed by atoms with E-state index < -0.39 is 11.2 Å². The Morgan fingerprint density at radius 2 is 2.08 bits per heavy atom. The van der Waals surface area contributed by atoms with Crippen LogP contribution in [-0.2, 0) is 18.3 Å². The fourth-order valence-electron chi connectivity index (χ4n) is 5.34. The van der Waals surface area contributed by atoms with Crippen LogP contribution in [0.1, 0.15) is 59.8 Å². The highest BCUT2D eigenvalue weighted by Crippen LogP contribution is 2.53. The second-order valence-electron chi connectivity index (χ2n) is 10.2. The first kappa shape index (κ1) is 25.3. The highest BCUT2D eigenvalue weighted by molar-refractivity contribution is 6.31. The van der Waals surface area contributed by atoms with Gasteiger partial charge in [-0.3, -0.25) is 14.6 Å². The van der Waals surface area contributed by atoms with Crippen LogP contribution in [0.25, 0.3) is 22.5 Å². The number of nitrogens with zero attached hydrogens (tertiary/aromatic N) is 6. The number of methoxy groups -OCH3 is 1. The van der Waals surface area contributed by atoms with Crippen molar-refractivity contribution in [1.29, 1.82) is 0 Å². The number of tetrazole rings is 1. The van der Waals surface area contributed by atoms with Gasteiger partial charge in [-0.1, -0.05) is 11.6 Å². The number of benzene rings is 1. The van der Waals surface area contributed by atoms with Crippen molar-refractivity contribution in [3.8, 4) is 28.4 Å². The van der Waals surface area contributed by atoms with Crippen LogP contribution in [0.3, 0.4) is 0 Å². The third-order valence-electron chi connectivity index (χ3n) is 7.60. The molecule has 3 aromatic heterocycles. The van der Waals surface area contributed by atoms with Crippen molar-refractivity contribution in [1.82, 2.24) is 30.3 Å². The van der Waals surface area contributed by atoms with Gasteiger partial charge >= 0.3 is 0 Å². The number of rotatable bonds is 9. The van der Waals surface area contributed by atoms with Gasteiger partial charge in [0.1, 0.15) is 11.6 Å². The largest absolute Gasteiger partial charge is 0.479 e. The van der Waals surface area contributed by atoms with Crippen molar-refractivity contribution in [3.63, 3.8) is 0 Å². The second kappa shape index (κ2) is 9.64. The summed E-state index contributed by atoms with van der Waals surface area (Å²) in [6.45, 7) is 0. The van der Waals surface area contributed by atoms with Gasteiger partial charge in [0.25, 0.3) is 5.88 Å². The van der Waals surface area contributed by atoms with Crippen LogP contribution in [0, 0.1) is 11.2 Å². The average molecular weight is 551 g/mol. The highest BCUT2D eigenvalue weighted by Gasteiger charge is 2.51. The number of halogens is 2. The van der Waals surface area contributed by atoms with Crippen molar-refractivity contribution in [2.75, 3.05) is 7.11 Å². The molecule has 0 N–H and O–H groups in total. The van der Waals surface area contributed by atoms with E-state index in [4.69, 9.17) is 25.8 Å². The van der Waals surface area contributed by atoms with E-state index in [1.165, 1.54) is 24.0 Å². The molecule has 0 bridgehead atoms. The summed E-state index contributed by atoms with van der Waals surface area (Å²) in [6, 6.07) is 6.28. The minimum atomic E-state index is -0.656. The van der Waals surface area contributed by atoms with Crippen LogP contribution in [0.5, 0.6) is 5.88 Å². The maximum atomic E-state index is 15.0. The molecule has 6 rings (SSSR count). The zero-order chi connectivity index (χ0) is 27.3. The molecular weight excluding hydrogens is 527 g/mol. The molecule has 2 aliphatic rings. The highest BCUT2D eigenvalue weighted by atomic mass is 35.5. The first-order valence-corrected chi connectivity index (χ1v) is 12.9. The quantitative estimate of drug-likeness (QED) is 0.271. The second-order valence-corrected chi connectivity index (χ2v) is 10.6. The fourth-order valence-corrected chi connectivity index (χ4v) is 5.55. The minimum Gasteiger partial charge on any atom is -0.479 e. The fraction of sp³-hybridized carbons (Fsp3) is 0.370. The molecule has 2 aliphatic carbocycles. The summed E-state index contributed by atoms with van der Waals surface area (Å²) < 4.78 is 25.0. The molecule has 0 radical (unpaired) electrons. The summed E-state index contributed by atoms with van der Waals surface area (Å²) in [5.74, 6) is -0.312. The smallest absolute Gasteiger partial charge is 0.254 e. The van der Waals surface area contributed by atoms with Gasteiger partial charge in [-0.15, -0.1) is 10.2 Å². The summed E-state index contributed by atoms with van der Waals surface area (Å²) in [5.41, 5.74) is 2.59. The molecule has 3 heterocycles. The Bertz CT molecular complexity index is 1610. The number of fused-ring (bicyclic) bond motifs is 1. The zero-order valence-corrected chi connectivity index (χ0v) is 22.0. The SMILES string of the molecule is COc1cc(C(=O)CC2(C(=O)CC3CCc4cc(-c5cc(Cl)cc(F)c5-c5nnn(C)n5)cnc43)CC2)on1. The number of hydrogen-bond donors (Lipinski definition) is 0. The van der Waals surface area contributed by atoms with Gasteiger partial charge in [-0.25, -0.2) is 4.39 Å². The van der Waals surface area contributed by atoms with Gasteiger partial charge in [-0.05, 0) is 65.4 Å². The lowest BCUT2D eigenvalue weighted by Gasteiger charge is -2.16. The molecule has 39 heavy (non-hydrogen) atoms. The van der Waals surface area contributed by atoms with Crippen molar-refractivity contribution in [2.45, 2.75) is 44.4 Å². The number of carbonyl (C=O) groups excluding carboxylic acids is 2. The average Bonchev–Trinajstić information content (AvgIpc) is 3.24. The minimum absolute atomic E-state index is 0.0447. The van der Waals surface area contributed by atoms with Gasteiger partial charge < -0.3 is 9.26 Å². The molecule has 1 unspecified atom stereocenters. The van der Waals surface area contributed by atoms with Crippen LogP contribution in [0.2, 0.25) is 5.02 Å². The molecule has 12 heteroatoms. The maximum Gasteiger partial charge on any atom is 0.254 e. The van der Waals surface area contributed by atoms with Gasteiger partial charge in [0.15, 0.2) is 0 Å². The summed E-state index contributed by atoms with van der Waals surface area (Å²) in [6.07, 6.45) is 4.93. The van der Waals surface area contributed by atoms with E-state index in [2.05, 4.69) is 20.6 Å². The monoisotopic (exact) mass is 550 g/mol. The van der Waals surface area contributed by atoms with Gasteiger partial charge in [0, 0.05) is 46.7 Å². The topological polar surface area (TPSA) is 126 Å². The first-order chi connectivity index (χ1) is 18.8. The number of aromatic nitrogens is 6. The normalized spacial score (nSPS) is 17.2. The number of pyridine rings is 1. The molecular formula is C27H24ClFN6O4. The third-order valence-corrected chi connectivity index (χ3v) is 7.81. The van der Waals surface area contributed by atoms with Crippen molar-refractivity contribution < 1.29 is 23.2 Å². The zero-order valence-electron chi connectivity index (χ0n) is 21.3. The maximum absolute atomic E-state index is 15.0. The Morgan fingerprint density at radius 1 is 1.26 bits per heavy atom. The molecule has 0 saturated heterocycles. The van der Waals surface area contributed by atoms with Crippen LogP contribution in [-0.4, -0.2) is 49.0 Å². The lowest BCUT2D eigenvalue weighted by Crippen LogP contribution is -2.21. The summed E-state index contributed by atoms with van der Waals surface area (Å²) in [7, 11) is 3.05. The van der Waals surface area contributed by atoms with E-state index in [-0.39, 0.29) is 52.0 Å². The molecule has 0 amide bonds. The third kappa shape index (κ3) is 4.71. The Kier molecular flexibility index (Phi) is 6.25. The Balaban J connectivity index is 1.21. The molecule has 0 spiro atoms. The Hall–Kier alpha value is -3.99. The predicted molar refractivity (Wildman–Crippen MR) is 137 cm³/mol. The number of carbonyl (C=O) groups is 2. The van der Waals surface area contributed by atoms with Gasteiger partial charge in [-0.2, -0.15) is 4.80 Å². The van der Waals surface area contributed by atoms with Crippen LogP contribution < -0.4 is 4.74 Å². The lowest BCUT2D eigenvalue weighted by molar-refractivity contribution is -0.124. The van der Waals surface area contributed by atoms with Crippen molar-refractivity contribution in [3.05, 3.63) is 58.3 Å². The number of Topliss-reactive ketones (excluding diaryl/α,β-unsaturated/α-hetero) is 2. The predicted octanol–water partition coefficient (Wildman–Crippen LogP) is 4.77. The Morgan fingerprint density at radius 3 is 2.77 bits per heavy atom. The Labute approximate surface area is 227 Å². The van der Waals surface area contributed by atoms with E-state index >= 15 is 4.39 Å². The first-order valence-electron chi connectivity index (χ1n) is 12.6. The standard InChI is InChI=1S/C27H24ClFN6O4/c1-35-32-26(31-34-35)24-18(9-17(28)10-19(24)29)16-7-14-3-4-15(25(14)30-13-16)8-22(37)27(5-6-27)12-20(36)21-11-23(38-2)33-39-21/h7,9-11,13,15H,3-6,8,12H2,1-2H3. The van der Waals surface area contributed by atoms with Crippen LogP contribution in [0.4, 0.5) is 4.39 Å². The molecule has 4 aromatic rings. The lowest BCUT2D eigenvalue weighted by atomic mass is 9.86.